The molecular weight excluding hydrogens is 300 g/mol. The van der Waals surface area contributed by atoms with Crippen molar-refractivity contribution in [3.63, 3.8) is 0 Å². The second-order valence-electron chi connectivity index (χ2n) is 6.01. The fraction of sp³-hybridized carbons (Fsp3) is 0.350. The highest BCUT2D eigenvalue weighted by Gasteiger charge is 2.15. The molecule has 4 heteroatoms. The number of para-hydroxylation sites is 1. The van der Waals surface area contributed by atoms with Crippen LogP contribution in [0.2, 0.25) is 0 Å². The highest BCUT2D eigenvalue weighted by atomic mass is 16.5. The number of amides is 1. The van der Waals surface area contributed by atoms with Crippen molar-refractivity contribution in [2.45, 2.75) is 26.9 Å². The number of rotatable bonds is 7. The highest BCUT2D eigenvalue weighted by molar-refractivity contribution is 5.80. The third kappa shape index (κ3) is 4.75. The zero-order chi connectivity index (χ0) is 17.5. The van der Waals surface area contributed by atoms with E-state index in [1.54, 1.807) is 6.92 Å². The molecule has 0 saturated carbocycles. The second-order valence-corrected chi connectivity index (χ2v) is 6.01. The first-order valence-electron chi connectivity index (χ1n) is 8.26. The molecule has 2 aromatic rings. The van der Waals surface area contributed by atoms with Crippen LogP contribution in [0.5, 0.6) is 5.75 Å². The van der Waals surface area contributed by atoms with Gasteiger partial charge in [-0.2, -0.15) is 0 Å². The summed E-state index contributed by atoms with van der Waals surface area (Å²) in [4.78, 5) is 14.3. The topological polar surface area (TPSA) is 41.6 Å². The number of carbonyl (C=O) groups excluding carboxylic acids is 1. The van der Waals surface area contributed by atoms with Crippen LogP contribution in [0.25, 0.3) is 0 Å². The Morgan fingerprint density at radius 2 is 1.83 bits per heavy atom. The number of carbonyl (C=O) groups is 1. The molecule has 0 radical (unpaired) electrons. The van der Waals surface area contributed by atoms with Gasteiger partial charge in [-0.25, -0.2) is 0 Å². The van der Waals surface area contributed by atoms with E-state index >= 15 is 0 Å². The first-order chi connectivity index (χ1) is 11.5. The molecule has 4 nitrogen and oxygen atoms in total. The summed E-state index contributed by atoms with van der Waals surface area (Å²) in [6.07, 6.45) is -0.521. The molecule has 2 aromatic carbocycles. The van der Waals surface area contributed by atoms with E-state index in [1.165, 1.54) is 0 Å². The van der Waals surface area contributed by atoms with Crippen molar-refractivity contribution in [1.82, 2.24) is 5.32 Å². The van der Waals surface area contributed by atoms with Crippen LogP contribution in [0.4, 0.5) is 5.69 Å². The minimum Gasteiger partial charge on any atom is -0.481 e. The number of benzene rings is 2. The molecule has 0 fully saturated rings. The maximum atomic E-state index is 12.2. The van der Waals surface area contributed by atoms with Crippen molar-refractivity contribution in [2.75, 3.05) is 25.0 Å². The van der Waals surface area contributed by atoms with Gasteiger partial charge in [-0.15, -0.1) is 0 Å². The molecular formula is C20H26N2O2. The van der Waals surface area contributed by atoms with Crippen LogP contribution in [0, 0.1) is 13.8 Å². The molecule has 0 aliphatic rings. The Balaban J connectivity index is 1.80. The van der Waals surface area contributed by atoms with Gasteiger partial charge in [0.2, 0.25) is 0 Å². The smallest absolute Gasteiger partial charge is 0.260 e. The Hall–Kier alpha value is -2.49. The largest absolute Gasteiger partial charge is 0.481 e. The molecule has 0 heterocycles. The number of aryl methyl sites for hydroxylation is 1. The summed E-state index contributed by atoms with van der Waals surface area (Å²) < 4.78 is 5.80. The van der Waals surface area contributed by atoms with Crippen molar-refractivity contribution in [3.8, 4) is 5.75 Å². The summed E-state index contributed by atoms with van der Waals surface area (Å²) in [5.74, 6) is 0.663. The molecule has 0 aliphatic heterocycles. The predicted molar refractivity (Wildman–Crippen MR) is 98.7 cm³/mol. The lowest BCUT2D eigenvalue weighted by Gasteiger charge is -2.21. The van der Waals surface area contributed by atoms with Crippen LogP contribution in [-0.4, -0.2) is 32.1 Å². The van der Waals surface area contributed by atoms with Crippen molar-refractivity contribution < 1.29 is 9.53 Å². The summed E-state index contributed by atoms with van der Waals surface area (Å²) in [5.41, 5.74) is 3.36. The van der Waals surface area contributed by atoms with Gasteiger partial charge in [-0.05, 0) is 50.1 Å². The van der Waals surface area contributed by atoms with Gasteiger partial charge in [0.25, 0.3) is 5.91 Å². The lowest BCUT2D eigenvalue weighted by Crippen LogP contribution is -2.40. The van der Waals surface area contributed by atoms with Crippen molar-refractivity contribution in [1.29, 1.82) is 0 Å². The molecule has 0 bridgehead atoms. The molecule has 1 N–H and O–H groups in total. The summed E-state index contributed by atoms with van der Waals surface area (Å²) in [7, 11) is 2.01. The summed E-state index contributed by atoms with van der Waals surface area (Å²) in [6.45, 7) is 7.13. The molecule has 24 heavy (non-hydrogen) atoms. The van der Waals surface area contributed by atoms with Gasteiger partial charge >= 0.3 is 0 Å². The Kier molecular flexibility index (Phi) is 6.24. The maximum absolute atomic E-state index is 12.2. The summed E-state index contributed by atoms with van der Waals surface area (Å²) in [5, 5.41) is 2.93. The van der Waals surface area contributed by atoms with E-state index in [4.69, 9.17) is 4.74 Å². The Morgan fingerprint density at radius 3 is 2.54 bits per heavy atom. The lowest BCUT2D eigenvalue weighted by atomic mass is 10.1. The molecule has 1 amide bonds. The van der Waals surface area contributed by atoms with Crippen LogP contribution in [0.3, 0.4) is 0 Å². The van der Waals surface area contributed by atoms with Gasteiger partial charge in [0.15, 0.2) is 6.10 Å². The Bertz CT molecular complexity index is 671. The number of nitrogens with one attached hydrogen (secondary N) is 1. The SMILES string of the molecule is Cc1cccc(OC(C)C(=O)NCCN(C)c2ccccc2)c1C. The fourth-order valence-corrected chi connectivity index (χ4v) is 2.40. The minimum atomic E-state index is -0.521. The molecule has 0 aliphatic carbocycles. The Morgan fingerprint density at radius 1 is 1.12 bits per heavy atom. The van der Waals surface area contributed by atoms with Crippen molar-refractivity contribution in [2.24, 2.45) is 0 Å². The third-order valence-electron chi connectivity index (χ3n) is 4.17. The van der Waals surface area contributed by atoms with Gasteiger partial charge in [0.05, 0.1) is 0 Å². The van der Waals surface area contributed by atoms with Crippen molar-refractivity contribution in [3.05, 3.63) is 59.7 Å². The number of hydrogen-bond donors (Lipinski definition) is 1. The average molecular weight is 326 g/mol. The molecule has 128 valence electrons. The monoisotopic (exact) mass is 326 g/mol. The first-order valence-corrected chi connectivity index (χ1v) is 8.26. The number of likely N-dealkylation sites (N-methyl/N-ethyl adjacent to an activating group) is 1. The van der Waals surface area contributed by atoms with E-state index in [-0.39, 0.29) is 5.91 Å². The lowest BCUT2D eigenvalue weighted by molar-refractivity contribution is -0.127. The van der Waals surface area contributed by atoms with E-state index in [0.717, 1.165) is 29.1 Å². The third-order valence-corrected chi connectivity index (χ3v) is 4.17. The van der Waals surface area contributed by atoms with Gasteiger partial charge in [0, 0.05) is 25.8 Å². The fourth-order valence-electron chi connectivity index (χ4n) is 2.40. The van der Waals surface area contributed by atoms with Crippen LogP contribution < -0.4 is 15.0 Å². The van der Waals surface area contributed by atoms with E-state index in [9.17, 15) is 4.79 Å². The van der Waals surface area contributed by atoms with Crippen molar-refractivity contribution >= 4 is 11.6 Å². The molecule has 1 atom stereocenters. The zero-order valence-corrected chi connectivity index (χ0v) is 14.9. The molecule has 2 rings (SSSR count). The summed E-state index contributed by atoms with van der Waals surface area (Å²) >= 11 is 0. The normalized spacial score (nSPS) is 11.7. The Labute approximate surface area is 144 Å². The average Bonchev–Trinajstić information content (AvgIpc) is 2.59. The molecule has 0 aromatic heterocycles. The molecule has 0 spiro atoms. The van der Waals surface area contributed by atoms with E-state index in [0.29, 0.717) is 6.54 Å². The van der Waals surface area contributed by atoms with Crippen LogP contribution in [-0.2, 0) is 4.79 Å². The maximum Gasteiger partial charge on any atom is 0.260 e. The quantitative estimate of drug-likeness (QED) is 0.848. The molecule has 0 saturated heterocycles. The zero-order valence-electron chi connectivity index (χ0n) is 14.9. The number of nitrogens with zero attached hydrogens (tertiary/aromatic N) is 1. The van der Waals surface area contributed by atoms with Crippen LogP contribution >= 0.6 is 0 Å². The van der Waals surface area contributed by atoms with E-state index < -0.39 is 6.10 Å². The van der Waals surface area contributed by atoms with Crippen LogP contribution in [0.15, 0.2) is 48.5 Å². The number of hydrogen-bond acceptors (Lipinski definition) is 3. The number of ether oxygens (including phenoxy) is 1. The minimum absolute atomic E-state index is 0.0997. The van der Waals surface area contributed by atoms with Gasteiger partial charge in [-0.3, -0.25) is 4.79 Å². The van der Waals surface area contributed by atoms with Gasteiger partial charge < -0.3 is 15.0 Å². The highest BCUT2D eigenvalue weighted by Crippen LogP contribution is 2.21. The second kappa shape index (κ2) is 8.39. The predicted octanol–water partition coefficient (Wildman–Crippen LogP) is 3.32. The molecule has 1 unspecified atom stereocenters. The van der Waals surface area contributed by atoms with Gasteiger partial charge in [0.1, 0.15) is 5.75 Å². The number of anilines is 1. The first kappa shape index (κ1) is 17.9. The van der Waals surface area contributed by atoms with Gasteiger partial charge in [-0.1, -0.05) is 30.3 Å². The van der Waals surface area contributed by atoms with Crippen LogP contribution in [0.1, 0.15) is 18.1 Å². The van der Waals surface area contributed by atoms with E-state index in [2.05, 4.69) is 10.2 Å². The van der Waals surface area contributed by atoms with E-state index in [1.807, 2.05) is 69.4 Å². The standard InChI is InChI=1S/C20H26N2O2/c1-15-9-8-12-19(16(15)2)24-17(3)20(23)21-13-14-22(4)18-10-6-5-7-11-18/h5-12,17H,13-14H2,1-4H3,(H,21,23). The summed E-state index contributed by atoms with van der Waals surface area (Å²) in [6, 6.07) is 16.0.